The zero-order valence-corrected chi connectivity index (χ0v) is 12.5. The molecule has 1 N–H and O–H groups in total. The van der Waals surface area contributed by atoms with E-state index in [0.29, 0.717) is 19.1 Å². The van der Waals surface area contributed by atoms with E-state index in [1.807, 2.05) is 43.1 Å². The summed E-state index contributed by atoms with van der Waals surface area (Å²) in [7, 11) is 1.92. The minimum absolute atomic E-state index is 0.0810. The number of hydrogen-bond donors (Lipinski definition) is 1. The molecule has 1 fully saturated rings. The molecule has 5 nitrogen and oxygen atoms in total. The van der Waals surface area contributed by atoms with E-state index in [2.05, 4.69) is 15.3 Å². The van der Waals surface area contributed by atoms with E-state index in [1.165, 1.54) is 0 Å². The predicted molar refractivity (Wildman–Crippen MR) is 81.8 cm³/mol. The first kappa shape index (κ1) is 13.9. The molecule has 1 aliphatic carbocycles. The van der Waals surface area contributed by atoms with Gasteiger partial charge in [-0.2, -0.15) is 0 Å². The molecule has 0 saturated heterocycles. The van der Waals surface area contributed by atoms with Crippen LogP contribution in [0.4, 0.5) is 0 Å². The standard InChI is InChI=1S/C16H20N4O/c1-11-13-5-3-4-6-14(13)19-15(17-11)9-20(2)10-16(21)18-12-7-8-12/h3-6,12H,7-10H2,1-2H3,(H,18,21). The number of benzene rings is 1. The predicted octanol–water partition coefficient (Wildman–Crippen LogP) is 1.65. The molecule has 1 heterocycles. The molecule has 0 atom stereocenters. The minimum Gasteiger partial charge on any atom is -0.352 e. The molecule has 0 bridgehead atoms. The largest absolute Gasteiger partial charge is 0.352 e. The van der Waals surface area contributed by atoms with Gasteiger partial charge in [-0.25, -0.2) is 9.97 Å². The molecule has 0 radical (unpaired) electrons. The van der Waals surface area contributed by atoms with Crippen LogP contribution in [0.25, 0.3) is 10.9 Å². The molecule has 1 amide bonds. The lowest BCUT2D eigenvalue weighted by Gasteiger charge is -2.16. The third kappa shape index (κ3) is 3.55. The maximum atomic E-state index is 11.8. The number of para-hydroxylation sites is 1. The van der Waals surface area contributed by atoms with Gasteiger partial charge < -0.3 is 5.32 Å². The number of likely N-dealkylation sites (N-methyl/N-ethyl adjacent to an activating group) is 1. The number of amides is 1. The molecule has 1 saturated carbocycles. The van der Waals surface area contributed by atoms with Crippen molar-refractivity contribution < 1.29 is 4.79 Å². The van der Waals surface area contributed by atoms with Crippen LogP contribution in [-0.2, 0) is 11.3 Å². The molecular weight excluding hydrogens is 264 g/mol. The van der Waals surface area contributed by atoms with Crippen LogP contribution in [0.2, 0.25) is 0 Å². The second-order valence-electron chi connectivity index (χ2n) is 5.76. The highest BCUT2D eigenvalue weighted by Crippen LogP contribution is 2.18. The van der Waals surface area contributed by atoms with Crippen molar-refractivity contribution in [3.05, 3.63) is 35.8 Å². The molecule has 21 heavy (non-hydrogen) atoms. The lowest BCUT2D eigenvalue weighted by Crippen LogP contribution is -2.36. The Morgan fingerprint density at radius 1 is 1.33 bits per heavy atom. The van der Waals surface area contributed by atoms with E-state index in [0.717, 1.165) is 35.3 Å². The van der Waals surface area contributed by atoms with Crippen LogP contribution >= 0.6 is 0 Å². The number of nitrogens with one attached hydrogen (secondary N) is 1. The molecule has 5 heteroatoms. The summed E-state index contributed by atoms with van der Waals surface area (Å²) in [6.07, 6.45) is 2.23. The molecule has 110 valence electrons. The Morgan fingerprint density at radius 2 is 2.10 bits per heavy atom. The van der Waals surface area contributed by atoms with Crippen molar-refractivity contribution in [1.29, 1.82) is 0 Å². The Morgan fingerprint density at radius 3 is 2.86 bits per heavy atom. The van der Waals surface area contributed by atoms with Crippen molar-refractivity contribution in [3.63, 3.8) is 0 Å². The fourth-order valence-corrected chi connectivity index (χ4v) is 2.41. The number of carbonyl (C=O) groups excluding carboxylic acids is 1. The van der Waals surface area contributed by atoms with E-state index >= 15 is 0 Å². The van der Waals surface area contributed by atoms with Crippen molar-refractivity contribution in [3.8, 4) is 0 Å². The Kier molecular flexibility index (Phi) is 3.84. The van der Waals surface area contributed by atoms with Crippen LogP contribution in [0.15, 0.2) is 24.3 Å². The quantitative estimate of drug-likeness (QED) is 0.907. The van der Waals surface area contributed by atoms with E-state index in [-0.39, 0.29) is 5.91 Å². The molecule has 0 spiro atoms. The fraction of sp³-hybridized carbons (Fsp3) is 0.438. The van der Waals surface area contributed by atoms with Crippen molar-refractivity contribution in [2.75, 3.05) is 13.6 Å². The molecule has 0 unspecified atom stereocenters. The summed E-state index contributed by atoms with van der Waals surface area (Å²) >= 11 is 0. The minimum atomic E-state index is 0.0810. The topological polar surface area (TPSA) is 58.1 Å². The Bertz CT molecular complexity index is 666. The zero-order valence-electron chi connectivity index (χ0n) is 12.5. The highest BCUT2D eigenvalue weighted by atomic mass is 16.2. The van der Waals surface area contributed by atoms with Gasteiger partial charge in [0.25, 0.3) is 0 Å². The van der Waals surface area contributed by atoms with Gasteiger partial charge in [-0.3, -0.25) is 9.69 Å². The van der Waals surface area contributed by atoms with Crippen molar-refractivity contribution in [2.24, 2.45) is 0 Å². The second-order valence-corrected chi connectivity index (χ2v) is 5.76. The number of aromatic nitrogens is 2. The SMILES string of the molecule is Cc1nc(CN(C)CC(=O)NC2CC2)nc2ccccc12. The van der Waals surface area contributed by atoms with Gasteiger partial charge in [0.2, 0.25) is 5.91 Å². The van der Waals surface area contributed by atoms with Gasteiger partial charge in [-0.1, -0.05) is 18.2 Å². The summed E-state index contributed by atoms with van der Waals surface area (Å²) in [4.78, 5) is 22.8. The average molecular weight is 284 g/mol. The summed E-state index contributed by atoms with van der Waals surface area (Å²) in [5.74, 6) is 0.838. The molecule has 1 aliphatic rings. The van der Waals surface area contributed by atoms with Gasteiger partial charge in [-0.05, 0) is 32.9 Å². The number of hydrogen-bond acceptors (Lipinski definition) is 4. The van der Waals surface area contributed by atoms with Gasteiger partial charge in [0, 0.05) is 17.1 Å². The van der Waals surface area contributed by atoms with E-state index in [4.69, 9.17) is 0 Å². The molecule has 1 aromatic heterocycles. The van der Waals surface area contributed by atoms with Crippen LogP contribution < -0.4 is 5.32 Å². The second kappa shape index (κ2) is 5.77. The van der Waals surface area contributed by atoms with Crippen molar-refractivity contribution >= 4 is 16.8 Å². The smallest absolute Gasteiger partial charge is 0.234 e. The summed E-state index contributed by atoms with van der Waals surface area (Å²) < 4.78 is 0. The normalized spacial score (nSPS) is 14.6. The third-order valence-corrected chi connectivity index (χ3v) is 3.61. The number of carbonyl (C=O) groups is 1. The highest BCUT2D eigenvalue weighted by molar-refractivity contribution is 5.80. The highest BCUT2D eigenvalue weighted by Gasteiger charge is 2.23. The van der Waals surface area contributed by atoms with Crippen molar-refractivity contribution in [1.82, 2.24) is 20.2 Å². The first-order chi connectivity index (χ1) is 10.1. The van der Waals surface area contributed by atoms with Crippen LogP contribution in [0, 0.1) is 6.92 Å². The van der Waals surface area contributed by atoms with Crippen LogP contribution in [0.5, 0.6) is 0 Å². The fourth-order valence-electron chi connectivity index (χ4n) is 2.41. The molecule has 3 rings (SSSR count). The number of aryl methyl sites for hydroxylation is 1. The van der Waals surface area contributed by atoms with E-state index < -0.39 is 0 Å². The summed E-state index contributed by atoms with van der Waals surface area (Å²) in [6.45, 7) is 2.95. The Labute approximate surface area is 124 Å². The van der Waals surface area contributed by atoms with Gasteiger partial charge in [0.05, 0.1) is 18.6 Å². The van der Waals surface area contributed by atoms with Crippen LogP contribution in [-0.4, -0.2) is 40.4 Å². The molecular formula is C16H20N4O. The first-order valence-corrected chi connectivity index (χ1v) is 7.32. The zero-order chi connectivity index (χ0) is 14.8. The lowest BCUT2D eigenvalue weighted by atomic mass is 10.2. The van der Waals surface area contributed by atoms with Gasteiger partial charge in [0.15, 0.2) is 0 Å². The van der Waals surface area contributed by atoms with E-state index in [1.54, 1.807) is 0 Å². The summed E-state index contributed by atoms with van der Waals surface area (Å²) in [5, 5.41) is 4.07. The number of nitrogens with zero attached hydrogens (tertiary/aromatic N) is 3. The molecule has 2 aromatic rings. The number of rotatable bonds is 5. The van der Waals surface area contributed by atoms with Gasteiger partial charge >= 0.3 is 0 Å². The monoisotopic (exact) mass is 284 g/mol. The summed E-state index contributed by atoms with van der Waals surface area (Å²) in [6, 6.07) is 8.40. The van der Waals surface area contributed by atoms with Crippen LogP contribution in [0.1, 0.15) is 24.4 Å². The first-order valence-electron chi connectivity index (χ1n) is 7.32. The number of fused-ring (bicyclic) bond motifs is 1. The van der Waals surface area contributed by atoms with Crippen LogP contribution in [0.3, 0.4) is 0 Å². The van der Waals surface area contributed by atoms with Crippen molar-refractivity contribution in [2.45, 2.75) is 32.4 Å². The van der Waals surface area contributed by atoms with Gasteiger partial charge in [-0.15, -0.1) is 0 Å². The summed E-state index contributed by atoms with van der Waals surface area (Å²) in [5.41, 5.74) is 1.93. The average Bonchev–Trinajstić information content (AvgIpc) is 3.22. The maximum absolute atomic E-state index is 11.8. The molecule has 0 aliphatic heterocycles. The molecule has 1 aromatic carbocycles. The Hall–Kier alpha value is -2.01. The lowest BCUT2D eigenvalue weighted by molar-refractivity contribution is -0.122. The van der Waals surface area contributed by atoms with E-state index in [9.17, 15) is 4.79 Å². The third-order valence-electron chi connectivity index (χ3n) is 3.61. The Balaban J connectivity index is 1.67. The maximum Gasteiger partial charge on any atom is 0.234 e. The van der Waals surface area contributed by atoms with Gasteiger partial charge in [0.1, 0.15) is 5.82 Å².